The zero-order valence-electron chi connectivity index (χ0n) is 20.3. The molecule has 0 fully saturated rings. The van der Waals surface area contributed by atoms with Crippen molar-refractivity contribution < 1.29 is 4.79 Å². The number of amides is 1. The van der Waals surface area contributed by atoms with Gasteiger partial charge in [-0.3, -0.25) is 9.36 Å². The summed E-state index contributed by atoms with van der Waals surface area (Å²) in [5, 5.41) is 14.0. The molecular formula is C28H28Cl2N4OS. The number of hydrogen-bond donors (Lipinski definition) is 1. The van der Waals surface area contributed by atoms with Crippen LogP contribution in [-0.4, -0.2) is 33.0 Å². The van der Waals surface area contributed by atoms with Crippen LogP contribution in [0.25, 0.3) is 17.1 Å². The van der Waals surface area contributed by atoms with E-state index in [4.69, 9.17) is 23.2 Å². The van der Waals surface area contributed by atoms with Crippen molar-refractivity contribution in [1.82, 2.24) is 20.1 Å². The molecule has 0 atom stereocenters. The molecule has 5 nitrogen and oxygen atoms in total. The van der Waals surface area contributed by atoms with E-state index in [1.807, 2.05) is 6.07 Å². The van der Waals surface area contributed by atoms with Crippen LogP contribution in [0.2, 0.25) is 10.0 Å². The van der Waals surface area contributed by atoms with E-state index >= 15 is 0 Å². The van der Waals surface area contributed by atoms with Crippen LogP contribution in [0.5, 0.6) is 0 Å². The molecule has 36 heavy (non-hydrogen) atoms. The predicted octanol–water partition coefficient (Wildman–Crippen LogP) is 7.09. The third-order valence-corrected chi connectivity index (χ3v) is 7.35. The number of nitrogens with one attached hydrogen (secondary N) is 1. The summed E-state index contributed by atoms with van der Waals surface area (Å²) >= 11 is 13.8. The average molecular weight is 540 g/mol. The highest BCUT2D eigenvalue weighted by Gasteiger charge is 2.16. The lowest BCUT2D eigenvalue weighted by Gasteiger charge is -2.11. The van der Waals surface area contributed by atoms with Crippen LogP contribution in [0, 0.1) is 13.8 Å². The van der Waals surface area contributed by atoms with E-state index in [2.05, 4.69) is 82.5 Å². The number of halogens is 2. The van der Waals surface area contributed by atoms with Crippen LogP contribution in [0.1, 0.15) is 29.5 Å². The number of thioether (sulfide) groups is 1. The van der Waals surface area contributed by atoms with Gasteiger partial charge < -0.3 is 5.32 Å². The van der Waals surface area contributed by atoms with Crippen molar-refractivity contribution >= 4 is 40.9 Å². The maximum absolute atomic E-state index is 12.3. The first-order valence-corrected chi connectivity index (χ1v) is 13.6. The van der Waals surface area contributed by atoms with E-state index in [1.54, 1.807) is 23.9 Å². The minimum atomic E-state index is 0.0287. The number of benzene rings is 3. The molecule has 0 spiro atoms. The Kier molecular flexibility index (Phi) is 9.08. The summed E-state index contributed by atoms with van der Waals surface area (Å²) < 4.78 is 2.09. The Morgan fingerprint density at radius 3 is 2.33 bits per heavy atom. The molecule has 0 saturated carbocycles. The highest BCUT2D eigenvalue weighted by Crippen LogP contribution is 2.29. The van der Waals surface area contributed by atoms with Gasteiger partial charge in [0, 0.05) is 40.0 Å². The van der Waals surface area contributed by atoms with Crippen LogP contribution in [0.3, 0.4) is 0 Å². The van der Waals surface area contributed by atoms with Crippen molar-refractivity contribution in [3.05, 3.63) is 93.5 Å². The molecule has 0 bridgehead atoms. The van der Waals surface area contributed by atoms with Crippen molar-refractivity contribution in [3.63, 3.8) is 0 Å². The Hall–Kier alpha value is -2.80. The third kappa shape index (κ3) is 6.90. The number of carbonyl (C=O) groups excluding carboxylic acids is 1. The maximum Gasteiger partial charge on any atom is 0.220 e. The normalized spacial score (nSPS) is 11.0. The largest absolute Gasteiger partial charge is 0.356 e. The zero-order chi connectivity index (χ0) is 25.5. The number of aromatic nitrogens is 3. The molecule has 1 amide bonds. The molecule has 186 valence electrons. The first-order chi connectivity index (χ1) is 17.4. The van der Waals surface area contributed by atoms with Crippen molar-refractivity contribution in [2.24, 2.45) is 0 Å². The predicted molar refractivity (Wildman–Crippen MR) is 149 cm³/mol. The van der Waals surface area contributed by atoms with Gasteiger partial charge in [-0.2, -0.15) is 0 Å². The lowest BCUT2D eigenvalue weighted by molar-refractivity contribution is -0.121. The lowest BCUT2D eigenvalue weighted by Crippen LogP contribution is -2.25. The Bertz CT molecular complexity index is 1320. The molecule has 8 heteroatoms. The lowest BCUT2D eigenvalue weighted by atomic mass is 10.1. The summed E-state index contributed by atoms with van der Waals surface area (Å²) in [5.41, 5.74) is 5.39. The van der Waals surface area contributed by atoms with E-state index < -0.39 is 0 Å². The molecule has 0 radical (unpaired) electrons. The fourth-order valence-corrected chi connectivity index (χ4v) is 5.12. The van der Waals surface area contributed by atoms with Crippen molar-refractivity contribution in [2.45, 2.75) is 38.3 Å². The number of nitrogens with zero attached hydrogens (tertiary/aromatic N) is 3. The third-order valence-electron chi connectivity index (χ3n) is 5.75. The van der Waals surface area contributed by atoms with E-state index in [0.717, 1.165) is 40.0 Å². The summed E-state index contributed by atoms with van der Waals surface area (Å²) in [7, 11) is 0. The summed E-state index contributed by atoms with van der Waals surface area (Å²) in [4.78, 5) is 12.3. The first-order valence-electron chi connectivity index (χ1n) is 11.8. The Labute approximate surface area is 226 Å². The van der Waals surface area contributed by atoms with Gasteiger partial charge >= 0.3 is 0 Å². The van der Waals surface area contributed by atoms with Crippen LogP contribution < -0.4 is 5.32 Å². The van der Waals surface area contributed by atoms with E-state index in [1.165, 1.54) is 11.1 Å². The summed E-state index contributed by atoms with van der Waals surface area (Å²) in [5.74, 6) is 1.59. The van der Waals surface area contributed by atoms with Crippen LogP contribution in [0.4, 0.5) is 0 Å². The fourth-order valence-electron chi connectivity index (χ4n) is 3.73. The second-order valence-corrected chi connectivity index (χ2v) is 10.5. The molecule has 4 aromatic rings. The van der Waals surface area contributed by atoms with Gasteiger partial charge in [0.15, 0.2) is 11.0 Å². The highest BCUT2D eigenvalue weighted by atomic mass is 35.5. The molecule has 4 rings (SSSR count). The van der Waals surface area contributed by atoms with E-state index in [-0.39, 0.29) is 5.91 Å². The molecule has 1 heterocycles. The van der Waals surface area contributed by atoms with Crippen LogP contribution in [0.15, 0.2) is 71.9 Å². The Balaban J connectivity index is 1.34. The number of aryl methyl sites for hydroxylation is 2. The number of carbonyl (C=O) groups is 1. The monoisotopic (exact) mass is 538 g/mol. The maximum atomic E-state index is 12.3. The molecule has 0 aliphatic heterocycles. The molecule has 0 aliphatic carbocycles. The van der Waals surface area contributed by atoms with Gasteiger partial charge in [-0.15, -0.1) is 10.2 Å². The second kappa shape index (κ2) is 12.4. The molecular weight excluding hydrogens is 511 g/mol. The SMILES string of the molecule is Cc1ccc(-c2nnc(SCCCC(=O)NCCc3ccc(Cl)cc3Cl)n2-c2ccc(C)cc2)cc1. The minimum absolute atomic E-state index is 0.0287. The zero-order valence-corrected chi connectivity index (χ0v) is 22.6. The standard InChI is InChI=1S/C28H28Cl2N4OS/c1-19-5-9-22(10-6-19)27-32-33-28(34(27)24-13-7-20(2)8-14-24)36-17-3-4-26(35)31-16-15-21-11-12-23(29)18-25(21)30/h5-14,18H,3-4,15-17H2,1-2H3,(H,31,35). The van der Waals surface area contributed by atoms with Gasteiger partial charge in [0.2, 0.25) is 5.91 Å². The molecule has 0 aliphatic rings. The summed E-state index contributed by atoms with van der Waals surface area (Å²) in [6.07, 6.45) is 1.85. The second-order valence-electron chi connectivity index (χ2n) is 8.63. The van der Waals surface area contributed by atoms with Crippen LogP contribution in [-0.2, 0) is 11.2 Å². The van der Waals surface area contributed by atoms with Gasteiger partial charge in [-0.1, -0.05) is 88.6 Å². The van der Waals surface area contributed by atoms with Gasteiger partial charge in [-0.25, -0.2) is 0 Å². The smallest absolute Gasteiger partial charge is 0.220 e. The molecule has 1 N–H and O–H groups in total. The summed E-state index contributed by atoms with van der Waals surface area (Å²) in [6, 6.07) is 22.1. The average Bonchev–Trinajstić information content (AvgIpc) is 3.28. The van der Waals surface area contributed by atoms with Gasteiger partial charge in [0.25, 0.3) is 0 Å². The van der Waals surface area contributed by atoms with Crippen molar-refractivity contribution in [1.29, 1.82) is 0 Å². The molecule has 0 saturated heterocycles. The minimum Gasteiger partial charge on any atom is -0.356 e. The molecule has 3 aromatic carbocycles. The molecule has 0 unspecified atom stereocenters. The van der Waals surface area contributed by atoms with Crippen LogP contribution >= 0.6 is 35.0 Å². The first kappa shape index (κ1) is 26.3. The topological polar surface area (TPSA) is 59.8 Å². The van der Waals surface area contributed by atoms with E-state index in [9.17, 15) is 4.79 Å². The Morgan fingerprint density at radius 1 is 0.944 bits per heavy atom. The number of hydrogen-bond acceptors (Lipinski definition) is 4. The van der Waals surface area contributed by atoms with Crippen molar-refractivity contribution in [2.75, 3.05) is 12.3 Å². The molecule has 1 aromatic heterocycles. The highest BCUT2D eigenvalue weighted by molar-refractivity contribution is 7.99. The van der Waals surface area contributed by atoms with Gasteiger partial charge in [-0.05, 0) is 56.5 Å². The van der Waals surface area contributed by atoms with Gasteiger partial charge in [0.05, 0.1) is 0 Å². The quantitative estimate of drug-likeness (QED) is 0.173. The number of rotatable bonds is 10. The summed E-state index contributed by atoms with van der Waals surface area (Å²) in [6.45, 7) is 4.68. The Morgan fingerprint density at radius 2 is 1.64 bits per heavy atom. The fraction of sp³-hybridized carbons (Fsp3) is 0.250. The van der Waals surface area contributed by atoms with Crippen molar-refractivity contribution in [3.8, 4) is 17.1 Å². The van der Waals surface area contributed by atoms with Gasteiger partial charge in [0.1, 0.15) is 0 Å². The van der Waals surface area contributed by atoms with E-state index in [0.29, 0.717) is 29.4 Å².